The lowest BCUT2D eigenvalue weighted by Gasteiger charge is -2.26. The van der Waals surface area contributed by atoms with E-state index in [0.29, 0.717) is 0 Å². The van der Waals surface area contributed by atoms with Gasteiger partial charge in [0.2, 0.25) is 11.8 Å². The molecule has 1 atom stereocenters. The van der Waals surface area contributed by atoms with Crippen LogP contribution in [0, 0.1) is 5.82 Å². The number of likely N-dealkylation sites (N-methyl/N-ethyl adjacent to an activating group) is 1. The number of alkyl carbamates (subject to hydrolysis) is 1. The third-order valence-electron chi connectivity index (χ3n) is 5.52. The molecule has 0 aliphatic carbocycles. The molecule has 3 amide bonds. The second kappa shape index (κ2) is 13.6. The number of ether oxygens (including phenoxy) is 1. The minimum absolute atomic E-state index is 0.0716. The fraction of sp³-hybridized carbons (Fsp3) is 0.250. The summed E-state index contributed by atoms with van der Waals surface area (Å²) in [6.07, 6.45) is -0.474. The molecule has 0 unspecified atom stereocenters. The van der Waals surface area contributed by atoms with Crippen LogP contribution in [0.5, 0.6) is 0 Å². The zero-order valence-electron chi connectivity index (χ0n) is 20.2. The summed E-state index contributed by atoms with van der Waals surface area (Å²) in [5.74, 6) is -1.11. The highest BCUT2D eigenvalue weighted by Crippen LogP contribution is 2.08. The van der Waals surface area contributed by atoms with Crippen molar-refractivity contribution in [1.29, 1.82) is 0 Å². The lowest BCUT2D eigenvalue weighted by Crippen LogP contribution is -2.52. The predicted octanol–water partition coefficient (Wildman–Crippen LogP) is 3.83. The third kappa shape index (κ3) is 8.54. The van der Waals surface area contributed by atoms with Crippen molar-refractivity contribution in [3.05, 3.63) is 107 Å². The molecule has 0 spiro atoms. The normalized spacial score (nSPS) is 11.3. The molecule has 0 fully saturated rings. The van der Waals surface area contributed by atoms with Crippen molar-refractivity contribution in [2.45, 2.75) is 32.5 Å². The van der Waals surface area contributed by atoms with Gasteiger partial charge in [0.1, 0.15) is 18.5 Å². The van der Waals surface area contributed by atoms with Crippen molar-refractivity contribution in [3.8, 4) is 0 Å². The first-order valence-electron chi connectivity index (χ1n) is 11.8. The van der Waals surface area contributed by atoms with E-state index in [1.54, 1.807) is 19.1 Å². The van der Waals surface area contributed by atoms with E-state index in [1.165, 1.54) is 17.0 Å². The van der Waals surface area contributed by atoms with Gasteiger partial charge in [0.05, 0.1) is 6.54 Å². The maximum absolute atomic E-state index is 13.4. The summed E-state index contributed by atoms with van der Waals surface area (Å²) in [7, 11) is 0. The van der Waals surface area contributed by atoms with E-state index in [1.807, 2.05) is 60.7 Å². The topological polar surface area (TPSA) is 87.7 Å². The Labute approximate surface area is 210 Å². The number of amides is 3. The second-order valence-electron chi connectivity index (χ2n) is 8.20. The molecule has 0 saturated heterocycles. The number of halogens is 1. The quantitative estimate of drug-likeness (QED) is 0.427. The van der Waals surface area contributed by atoms with Crippen LogP contribution in [0.3, 0.4) is 0 Å². The highest BCUT2D eigenvalue weighted by Gasteiger charge is 2.27. The molecule has 188 valence electrons. The Morgan fingerprint density at radius 2 is 1.47 bits per heavy atom. The largest absolute Gasteiger partial charge is 0.445 e. The lowest BCUT2D eigenvalue weighted by atomic mass is 10.0. The molecule has 0 aliphatic rings. The molecule has 0 radical (unpaired) electrons. The number of nitrogens with zero attached hydrogens (tertiary/aromatic N) is 1. The highest BCUT2D eigenvalue weighted by molar-refractivity contribution is 5.89. The van der Waals surface area contributed by atoms with Crippen molar-refractivity contribution in [2.24, 2.45) is 0 Å². The third-order valence-corrected chi connectivity index (χ3v) is 5.52. The van der Waals surface area contributed by atoms with Gasteiger partial charge >= 0.3 is 6.09 Å². The Morgan fingerprint density at radius 1 is 0.861 bits per heavy atom. The van der Waals surface area contributed by atoms with E-state index in [4.69, 9.17) is 4.74 Å². The lowest BCUT2D eigenvalue weighted by molar-refractivity contribution is -0.137. The average Bonchev–Trinajstić information content (AvgIpc) is 2.90. The number of benzene rings is 3. The summed E-state index contributed by atoms with van der Waals surface area (Å²) in [6, 6.07) is 23.4. The standard InChI is InChI=1S/C28H30FN3O4/c1-2-32(19-26(33)30-18-22-13-15-24(29)16-14-22)27(34)25(17-21-9-5-3-6-10-21)31-28(35)36-20-23-11-7-4-8-12-23/h3-16,25H,2,17-20H2,1H3,(H,30,33)(H,31,35)/t25-/m0/s1. The van der Waals surface area contributed by atoms with Gasteiger partial charge in [0.25, 0.3) is 0 Å². The smallest absolute Gasteiger partial charge is 0.408 e. The summed E-state index contributed by atoms with van der Waals surface area (Å²) in [5.41, 5.74) is 2.42. The number of rotatable bonds is 11. The summed E-state index contributed by atoms with van der Waals surface area (Å²) in [6.45, 7) is 2.14. The molecule has 3 rings (SSSR count). The molecule has 36 heavy (non-hydrogen) atoms. The second-order valence-corrected chi connectivity index (χ2v) is 8.20. The Bertz CT molecular complexity index is 1120. The molecular formula is C28H30FN3O4. The van der Waals surface area contributed by atoms with Gasteiger partial charge < -0.3 is 20.3 Å². The van der Waals surface area contributed by atoms with E-state index in [0.717, 1.165) is 16.7 Å². The monoisotopic (exact) mass is 491 g/mol. The summed E-state index contributed by atoms with van der Waals surface area (Å²) < 4.78 is 18.4. The van der Waals surface area contributed by atoms with Crippen LogP contribution in [-0.2, 0) is 33.9 Å². The first kappa shape index (κ1) is 26.4. The first-order chi connectivity index (χ1) is 17.4. The molecule has 2 N–H and O–H groups in total. The molecule has 8 heteroatoms. The van der Waals surface area contributed by atoms with Gasteiger partial charge in [-0.15, -0.1) is 0 Å². The number of hydrogen-bond acceptors (Lipinski definition) is 4. The van der Waals surface area contributed by atoms with Gasteiger partial charge in [-0.3, -0.25) is 9.59 Å². The molecule has 0 heterocycles. The van der Waals surface area contributed by atoms with Gasteiger partial charge in [-0.2, -0.15) is 0 Å². The van der Waals surface area contributed by atoms with E-state index >= 15 is 0 Å². The van der Waals surface area contributed by atoms with Crippen LogP contribution in [0.1, 0.15) is 23.6 Å². The molecule has 3 aromatic rings. The van der Waals surface area contributed by atoms with Gasteiger partial charge in [0.15, 0.2) is 0 Å². The maximum atomic E-state index is 13.4. The molecule has 7 nitrogen and oxygen atoms in total. The van der Waals surface area contributed by atoms with Gasteiger partial charge in [0, 0.05) is 19.5 Å². The molecule has 0 aromatic heterocycles. The van der Waals surface area contributed by atoms with Gasteiger partial charge in [-0.1, -0.05) is 72.8 Å². The molecular weight excluding hydrogens is 461 g/mol. The molecule has 0 aliphatic heterocycles. The Kier molecular flexibility index (Phi) is 10.00. The van der Waals surface area contributed by atoms with E-state index in [-0.39, 0.29) is 44.4 Å². The molecule has 3 aromatic carbocycles. The number of nitrogens with one attached hydrogen (secondary N) is 2. The maximum Gasteiger partial charge on any atom is 0.408 e. The first-order valence-corrected chi connectivity index (χ1v) is 11.8. The SMILES string of the molecule is CCN(CC(=O)NCc1ccc(F)cc1)C(=O)[C@H](Cc1ccccc1)NC(=O)OCc1ccccc1. The van der Waals surface area contributed by atoms with E-state index < -0.39 is 18.0 Å². The zero-order chi connectivity index (χ0) is 25.8. The van der Waals surface area contributed by atoms with Crippen LogP contribution >= 0.6 is 0 Å². The van der Waals surface area contributed by atoms with Crippen LogP contribution in [0.4, 0.5) is 9.18 Å². The predicted molar refractivity (Wildman–Crippen MR) is 134 cm³/mol. The summed E-state index contributed by atoms with van der Waals surface area (Å²) >= 11 is 0. The Morgan fingerprint density at radius 3 is 2.08 bits per heavy atom. The zero-order valence-corrected chi connectivity index (χ0v) is 20.2. The minimum atomic E-state index is -0.916. The fourth-order valence-corrected chi connectivity index (χ4v) is 3.56. The minimum Gasteiger partial charge on any atom is -0.445 e. The molecule has 0 saturated carbocycles. The van der Waals surface area contributed by atoms with Crippen molar-refractivity contribution in [3.63, 3.8) is 0 Å². The van der Waals surface area contributed by atoms with Crippen LogP contribution in [0.15, 0.2) is 84.9 Å². The fourth-order valence-electron chi connectivity index (χ4n) is 3.56. The van der Waals surface area contributed by atoms with Crippen molar-refractivity contribution in [2.75, 3.05) is 13.1 Å². The highest BCUT2D eigenvalue weighted by atomic mass is 19.1. The number of carbonyl (C=O) groups is 3. The van der Waals surface area contributed by atoms with Crippen molar-refractivity contribution in [1.82, 2.24) is 15.5 Å². The molecule has 0 bridgehead atoms. The Balaban J connectivity index is 1.62. The average molecular weight is 492 g/mol. The van der Waals surface area contributed by atoms with Crippen LogP contribution in [0.2, 0.25) is 0 Å². The summed E-state index contributed by atoms with van der Waals surface area (Å²) in [4.78, 5) is 39.8. The Hall–Kier alpha value is -4.20. The van der Waals surface area contributed by atoms with Crippen LogP contribution < -0.4 is 10.6 Å². The van der Waals surface area contributed by atoms with Crippen LogP contribution in [0.25, 0.3) is 0 Å². The number of carbonyl (C=O) groups excluding carboxylic acids is 3. The van der Waals surface area contributed by atoms with Crippen LogP contribution in [-0.4, -0.2) is 41.9 Å². The van der Waals surface area contributed by atoms with E-state index in [9.17, 15) is 18.8 Å². The summed E-state index contributed by atoms with van der Waals surface area (Å²) in [5, 5.41) is 5.41. The number of hydrogen-bond donors (Lipinski definition) is 2. The van der Waals surface area contributed by atoms with Gasteiger partial charge in [-0.05, 0) is 35.7 Å². The van der Waals surface area contributed by atoms with Crippen molar-refractivity contribution < 1.29 is 23.5 Å². The van der Waals surface area contributed by atoms with Gasteiger partial charge in [-0.25, -0.2) is 9.18 Å². The van der Waals surface area contributed by atoms with Crippen molar-refractivity contribution >= 4 is 17.9 Å². The van der Waals surface area contributed by atoms with E-state index in [2.05, 4.69) is 10.6 Å².